The minimum absolute atomic E-state index is 0.0864. The molecule has 1 aliphatic heterocycles. The standard InChI is InChI=1S/C32H38N4O5S/c1-5-7-21-42(39,40)36(20-19-35(3)4)26-16-14-25(15-17-26)33-30(23-11-9-8-10-12-23)29-27-18-13-24(32(38)41-6-2)22-28(27)34-31(29)37/h8-18,22,29H,5-7,19-21H2,1-4H3,(H,34,37). The minimum Gasteiger partial charge on any atom is -0.462 e. The number of ether oxygens (including phenoxy) is 1. The van der Waals surface area contributed by atoms with Gasteiger partial charge in [-0.3, -0.25) is 14.1 Å². The van der Waals surface area contributed by atoms with Gasteiger partial charge in [-0.1, -0.05) is 49.7 Å². The van der Waals surface area contributed by atoms with Crippen molar-refractivity contribution in [2.75, 3.05) is 49.2 Å². The molecule has 0 saturated carbocycles. The molecule has 1 N–H and O–H groups in total. The van der Waals surface area contributed by atoms with Crippen LogP contribution in [0.15, 0.2) is 77.8 Å². The van der Waals surface area contributed by atoms with Gasteiger partial charge in [0, 0.05) is 18.8 Å². The number of aliphatic imine (C=N–C) groups is 1. The molecule has 222 valence electrons. The molecule has 1 heterocycles. The van der Waals surface area contributed by atoms with Crippen molar-refractivity contribution in [1.82, 2.24) is 4.90 Å². The molecule has 0 aliphatic carbocycles. The fourth-order valence-electron chi connectivity index (χ4n) is 4.77. The Kier molecular flexibility index (Phi) is 10.1. The molecule has 0 saturated heterocycles. The normalized spacial score (nSPS) is 14.9. The summed E-state index contributed by atoms with van der Waals surface area (Å²) in [4.78, 5) is 32.5. The number of fused-ring (bicyclic) bond motifs is 1. The molecule has 0 radical (unpaired) electrons. The van der Waals surface area contributed by atoms with Crippen molar-refractivity contribution in [3.63, 3.8) is 0 Å². The van der Waals surface area contributed by atoms with Gasteiger partial charge < -0.3 is 15.0 Å². The third kappa shape index (κ3) is 7.24. The van der Waals surface area contributed by atoms with Crippen LogP contribution in [0.2, 0.25) is 0 Å². The Balaban J connectivity index is 1.72. The molecular weight excluding hydrogens is 552 g/mol. The highest BCUT2D eigenvalue weighted by Crippen LogP contribution is 2.37. The first-order valence-electron chi connectivity index (χ1n) is 14.2. The topological polar surface area (TPSA) is 108 Å². The zero-order valence-electron chi connectivity index (χ0n) is 24.5. The van der Waals surface area contributed by atoms with Gasteiger partial charge in [0.1, 0.15) is 5.92 Å². The summed E-state index contributed by atoms with van der Waals surface area (Å²) in [5.41, 5.74) is 4.09. The number of carbonyl (C=O) groups is 2. The van der Waals surface area contributed by atoms with Crippen LogP contribution in [-0.2, 0) is 19.6 Å². The fraction of sp³-hybridized carbons (Fsp3) is 0.344. The summed E-state index contributed by atoms with van der Waals surface area (Å²) in [6.45, 7) is 4.89. The smallest absolute Gasteiger partial charge is 0.338 e. The van der Waals surface area contributed by atoms with Crippen molar-refractivity contribution in [3.8, 4) is 0 Å². The Morgan fingerprint density at radius 3 is 2.31 bits per heavy atom. The lowest BCUT2D eigenvalue weighted by Crippen LogP contribution is -2.38. The number of unbranched alkanes of at least 4 members (excludes halogenated alkanes) is 1. The van der Waals surface area contributed by atoms with Crippen LogP contribution in [0.3, 0.4) is 0 Å². The van der Waals surface area contributed by atoms with Gasteiger partial charge in [0.25, 0.3) is 0 Å². The number of esters is 1. The number of carbonyl (C=O) groups excluding carboxylic acids is 2. The molecule has 1 aliphatic rings. The maximum absolute atomic E-state index is 13.3. The SMILES string of the molecule is CCCCS(=O)(=O)N(CCN(C)C)c1ccc(N=C(c2ccccc2)C2C(=O)Nc3cc(C(=O)OCC)ccc32)cc1. The highest BCUT2D eigenvalue weighted by molar-refractivity contribution is 7.92. The molecule has 42 heavy (non-hydrogen) atoms. The van der Waals surface area contributed by atoms with E-state index in [1.54, 1.807) is 49.4 Å². The molecule has 0 fully saturated rings. The third-order valence-corrected chi connectivity index (χ3v) is 8.84. The summed E-state index contributed by atoms with van der Waals surface area (Å²) in [5, 5.41) is 2.90. The average molecular weight is 591 g/mol. The van der Waals surface area contributed by atoms with Gasteiger partial charge in [0.2, 0.25) is 15.9 Å². The molecule has 10 heteroatoms. The second-order valence-corrected chi connectivity index (χ2v) is 12.4. The first-order valence-corrected chi connectivity index (χ1v) is 15.8. The van der Waals surface area contributed by atoms with Gasteiger partial charge in [0.05, 0.1) is 35.0 Å². The van der Waals surface area contributed by atoms with Crippen molar-refractivity contribution >= 4 is 44.7 Å². The number of nitrogens with zero attached hydrogens (tertiary/aromatic N) is 3. The van der Waals surface area contributed by atoms with E-state index in [0.29, 0.717) is 53.4 Å². The lowest BCUT2D eigenvalue weighted by molar-refractivity contribution is -0.115. The molecule has 4 rings (SSSR count). The van der Waals surface area contributed by atoms with Crippen molar-refractivity contribution in [2.24, 2.45) is 4.99 Å². The van der Waals surface area contributed by atoms with E-state index in [1.165, 1.54) is 4.31 Å². The molecule has 0 bridgehead atoms. The van der Waals surface area contributed by atoms with Crippen molar-refractivity contribution in [3.05, 3.63) is 89.5 Å². The van der Waals surface area contributed by atoms with Crippen LogP contribution in [0.4, 0.5) is 17.1 Å². The molecule has 3 aromatic rings. The van der Waals surface area contributed by atoms with E-state index in [0.717, 1.165) is 12.0 Å². The summed E-state index contributed by atoms with van der Waals surface area (Å²) in [6.07, 6.45) is 1.38. The Hall–Kier alpha value is -4.02. The van der Waals surface area contributed by atoms with Crippen LogP contribution in [0.1, 0.15) is 54.1 Å². The lowest BCUT2D eigenvalue weighted by Gasteiger charge is -2.26. The van der Waals surface area contributed by atoms with Gasteiger partial charge in [-0.15, -0.1) is 0 Å². The molecule has 0 aromatic heterocycles. The van der Waals surface area contributed by atoms with Gasteiger partial charge in [-0.05, 0) is 75.0 Å². The highest BCUT2D eigenvalue weighted by atomic mass is 32.2. The Bertz CT molecular complexity index is 1540. The fourth-order valence-corrected chi connectivity index (χ4v) is 6.45. The number of amides is 1. The first kappa shape index (κ1) is 30.9. The van der Waals surface area contributed by atoms with Crippen molar-refractivity contribution in [1.29, 1.82) is 0 Å². The van der Waals surface area contributed by atoms with E-state index in [4.69, 9.17) is 9.73 Å². The van der Waals surface area contributed by atoms with Crippen molar-refractivity contribution < 1.29 is 22.7 Å². The third-order valence-electron chi connectivity index (χ3n) is 6.97. The van der Waals surface area contributed by atoms with Crippen LogP contribution in [0, 0.1) is 0 Å². The quantitative estimate of drug-likeness (QED) is 0.216. The zero-order valence-corrected chi connectivity index (χ0v) is 25.4. The van der Waals surface area contributed by atoms with E-state index < -0.39 is 21.9 Å². The van der Waals surface area contributed by atoms with Crippen LogP contribution in [0.25, 0.3) is 0 Å². The molecule has 9 nitrogen and oxygen atoms in total. The molecular formula is C32H38N4O5S. The van der Waals surface area contributed by atoms with Crippen LogP contribution >= 0.6 is 0 Å². The summed E-state index contributed by atoms with van der Waals surface area (Å²) < 4.78 is 33.0. The van der Waals surface area contributed by atoms with Crippen LogP contribution in [-0.4, -0.2) is 70.5 Å². The number of benzene rings is 3. The average Bonchev–Trinajstić information content (AvgIpc) is 3.30. The maximum Gasteiger partial charge on any atom is 0.338 e. The monoisotopic (exact) mass is 590 g/mol. The molecule has 0 spiro atoms. The Morgan fingerprint density at radius 1 is 0.952 bits per heavy atom. The van der Waals surface area contributed by atoms with Crippen LogP contribution in [0.5, 0.6) is 0 Å². The summed E-state index contributed by atoms with van der Waals surface area (Å²) in [5.74, 6) is -1.32. The van der Waals surface area contributed by atoms with E-state index in [9.17, 15) is 18.0 Å². The predicted molar refractivity (Wildman–Crippen MR) is 167 cm³/mol. The number of hydrogen-bond acceptors (Lipinski definition) is 7. The number of nitrogens with one attached hydrogen (secondary N) is 1. The summed E-state index contributed by atoms with van der Waals surface area (Å²) in [6, 6.07) is 21.6. The van der Waals surface area contributed by atoms with Gasteiger partial charge >= 0.3 is 5.97 Å². The van der Waals surface area contributed by atoms with E-state index in [-0.39, 0.29) is 18.3 Å². The van der Waals surface area contributed by atoms with Crippen LogP contribution < -0.4 is 9.62 Å². The second-order valence-electron chi connectivity index (χ2n) is 10.4. The van der Waals surface area contributed by atoms with E-state index in [2.05, 4.69) is 5.32 Å². The van der Waals surface area contributed by atoms with E-state index >= 15 is 0 Å². The minimum atomic E-state index is -3.49. The largest absolute Gasteiger partial charge is 0.462 e. The maximum atomic E-state index is 13.3. The lowest BCUT2D eigenvalue weighted by atomic mass is 9.90. The summed E-state index contributed by atoms with van der Waals surface area (Å²) in [7, 11) is 0.328. The second kappa shape index (κ2) is 13.8. The van der Waals surface area contributed by atoms with Gasteiger partial charge in [0.15, 0.2) is 0 Å². The number of hydrogen-bond donors (Lipinski definition) is 1. The number of anilines is 2. The van der Waals surface area contributed by atoms with Crippen molar-refractivity contribution in [2.45, 2.75) is 32.6 Å². The number of sulfonamides is 1. The van der Waals surface area contributed by atoms with Gasteiger partial charge in [-0.25, -0.2) is 13.2 Å². The Morgan fingerprint density at radius 2 is 1.67 bits per heavy atom. The molecule has 1 unspecified atom stereocenters. The first-order chi connectivity index (χ1) is 20.1. The number of rotatable bonds is 13. The molecule has 1 atom stereocenters. The predicted octanol–water partition coefficient (Wildman–Crippen LogP) is 5.22. The van der Waals surface area contributed by atoms with E-state index in [1.807, 2.05) is 56.3 Å². The van der Waals surface area contributed by atoms with Gasteiger partial charge in [-0.2, -0.15) is 0 Å². The highest BCUT2D eigenvalue weighted by Gasteiger charge is 2.36. The molecule has 3 aromatic carbocycles. The summed E-state index contributed by atoms with van der Waals surface area (Å²) >= 11 is 0. The molecule has 1 amide bonds. The number of likely N-dealkylation sites (N-methyl/N-ethyl adjacent to an activating group) is 1. The zero-order chi connectivity index (χ0) is 30.3. The Labute approximate surface area is 248 Å².